The summed E-state index contributed by atoms with van der Waals surface area (Å²) < 4.78 is 0. The summed E-state index contributed by atoms with van der Waals surface area (Å²) in [6.45, 7) is 13.2. The predicted octanol–water partition coefficient (Wildman–Crippen LogP) is 4.63. The first kappa shape index (κ1) is 14.7. The monoisotopic (exact) mass is 246 g/mol. The Balaban J connectivity index is 0.000000180. The van der Waals surface area contributed by atoms with Crippen LogP contribution in [0, 0.1) is 5.41 Å². The number of H-pyrrole nitrogens is 1. The van der Waals surface area contributed by atoms with E-state index in [-0.39, 0.29) is 5.41 Å². The van der Waals surface area contributed by atoms with Gasteiger partial charge in [-0.1, -0.05) is 65.3 Å². The van der Waals surface area contributed by atoms with Crippen molar-refractivity contribution in [1.82, 2.24) is 10.2 Å². The SMILES string of the molecule is CC(C)(C)C1=CC=CC1.CC(C)(C)c1ccn[nH]1. The second-order valence-corrected chi connectivity index (χ2v) is 6.79. The molecule has 1 heterocycles. The maximum absolute atomic E-state index is 3.86. The summed E-state index contributed by atoms with van der Waals surface area (Å²) in [5.74, 6) is 0. The Labute approximate surface area is 111 Å². The smallest absolute Gasteiger partial charge is 0.0490 e. The Morgan fingerprint density at radius 2 is 1.72 bits per heavy atom. The fraction of sp³-hybridized carbons (Fsp3) is 0.562. The van der Waals surface area contributed by atoms with Crippen molar-refractivity contribution >= 4 is 0 Å². The molecule has 0 spiro atoms. The lowest BCUT2D eigenvalue weighted by atomic mass is 9.86. The van der Waals surface area contributed by atoms with Crippen LogP contribution < -0.4 is 0 Å². The van der Waals surface area contributed by atoms with Crippen LogP contribution in [0.2, 0.25) is 0 Å². The minimum Gasteiger partial charge on any atom is -0.282 e. The van der Waals surface area contributed by atoms with Crippen LogP contribution in [-0.2, 0) is 5.41 Å². The van der Waals surface area contributed by atoms with Crippen molar-refractivity contribution in [3.05, 3.63) is 41.8 Å². The molecule has 0 radical (unpaired) electrons. The van der Waals surface area contributed by atoms with Crippen LogP contribution >= 0.6 is 0 Å². The van der Waals surface area contributed by atoms with E-state index < -0.39 is 0 Å². The molecule has 1 aromatic rings. The third-order valence-corrected chi connectivity index (χ3v) is 3.04. The van der Waals surface area contributed by atoms with Gasteiger partial charge in [-0.3, -0.25) is 5.10 Å². The summed E-state index contributed by atoms with van der Waals surface area (Å²) in [5, 5.41) is 6.79. The Kier molecular flexibility index (Phi) is 4.55. The molecule has 0 amide bonds. The standard InChI is InChI=1S/C9H14.C7H12N2/c1-9(2,3)8-6-4-5-7-8;1-7(2,3)6-4-5-8-9-6/h4-6H,7H2,1-3H3;4-5H,1-3H3,(H,8,9). The van der Waals surface area contributed by atoms with Crippen molar-refractivity contribution < 1.29 is 0 Å². The van der Waals surface area contributed by atoms with Crippen LogP contribution in [-0.4, -0.2) is 10.2 Å². The molecule has 2 rings (SSSR count). The van der Waals surface area contributed by atoms with Gasteiger partial charge in [-0.2, -0.15) is 5.10 Å². The molecule has 2 heteroatoms. The van der Waals surface area contributed by atoms with Crippen molar-refractivity contribution in [2.24, 2.45) is 5.41 Å². The van der Waals surface area contributed by atoms with Crippen LogP contribution in [0.5, 0.6) is 0 Å². The van der Waals surface area contributed by atoms with Gasteiger partial charge < -0.3 is 0 Å². The van der Waals surface area contributed by atoms with Crippen molar-refractivity contribution in [2.45, 2.75) is 53.4 Å². The van der Waals surface area contributed by atoms with Crippen molar-refractivity contribution in [3.8, 4) is 0 Å². The van der Waals surface area contributed by atoms with Gasteiger partial charge in [0.25, 0.3) is 0 Å². The topological polar surface area (TPSA) is 28.7 Å². The molecule has 0 atom stereocenters. The molecule has 1 aliphatic rings. The minimum absolute atomic E-state index is 0.205. The molecule has 0 aliphatic heterocycles. The molecule has 1 N–H and O–H groups in total. The van der Waals surface area contributed by atoms with Gasteiger partial charge in [0.1, 0.15) is 0 Å². The fourth-order valence-corrected chi connectivity index (χ4v) is 1.68. The average molecular weight is 246 g/mol. The van der Waals surface area contributed by atoms with E-state index in [4.69, 9.17) is 0 Å². The van der Waals surface area contributed by atoms with Crippen molar-refractivity contribution in [3.63, 3.8) is 0 Å². The predicted molar refractivity (Wildman–Crippen MR) is 78.6 cm³/mol. The highest BCUT2D eigenvalue weighted by atomic mass is 15.1. The third kappa shape index (κ3) is 4.52. The first-order chi connectivity index (χ1) is 8.21. The van der Waals surface area contributed by atoms with Gasteiger partial charge in [0.15, 0.2) is 0 Å². The zero-order valence-corrected chi connectivity index (χ0v) is 12.5. The van der Waals surface area contributed by atoms with E-state index in [2.05, 4.69) is 70.0 Å². The number of aromatic nitrogens is 2. The normalized spacial score (nSPS) is 15.1. The number of allylic oxidation sites excluding steroid dienone is 4. The number of aromatic amines is 1. The van der Waals surface area contributed by atoms with Crippen LogP contribution in [0.4, 0.5) is 0 Å². The Bertz CT molecular complexity index is 409. The van der Waals surface area contributed by atoms with Gasteiger partial charge in [-0.25, -0.2) is 0 Å². The number of rotatable bonds is 0. The Morgan fingerprint density at radius 3 is 1.94 bits per heavy atom. The second-order valence-electron chi connectivity index (χ2n) is 6.79. The second kappa shape index (κ2) is 5.55. The summed E-state index contributed by atoms with van der Waals surface area (Å²) in [4.78, 5) is 0. The van der Waals surface area contributed by atoms with Crippen LogP contribution in [0.15, 0.2) is 36.1 Å². The minimum atomic E-state index is 0.205. The molecule has 100 valence electrons. The van der Waals surface area contributed by atoms with Gasteiger partial charge in [-0.15, -0.1) is 0 Å². The molecule has 0 fully saturated rings. The van der Waals surface area contributed by atoms with E-state index in [9.17, 15) is 0 Å². The third-order valence-electron chi connectivity index (χ3n) is 3.04. The van der Waals surface area contributed by atoms with Gasteiger partial charge in [-0.05, 0) is 17.9 Å². The number of hydrogen-bond acceptors (Lipinski definition) is 1. The molecule has 1 aliphatic carbocycles. The summed E-state index contributed by atoms with van der Waals surface area (Å²) in [6, 6.07) is 2.00. The Hall–Kier alpha value is -1.31. The van der Waals surface area contributed by atoms with Gasteiger partial charge >= 0.3 is 0 Å². The maximum Gasteiger partial charge on any atom is 0.0490 e. The summed E-state index contributed by atoms with van der Waals surface area (Å²) in [7, 11) is 0. The lowest BCUT2D eigenvalue weighted by molar-refractivity contribution is 0.496. The molecule has 2 nitrogen and oxygen atoms in total. The highest BCUT2D eigenvalue weighted by Gasteiger charge is 2.16. The molecule has 18 heavy (non-hydrogen) atoms. The van der Waals surface area contributed by atoms with Gasteiger partial charge in [0.05, 0.1) is 0 Å². The van der Waals surface area contributed by atoms with E-state index in [0.29, 0.717) is 5.41 Å². The molecule has 0 saturated heterocycles. The van der Waals surface area contributed by atoms with Crippen LogP contribution in [0.1, 0.15) is 53.7 Å². The zero-order chi connectivity index (χ0) is 13.8. The van der Waals surface area contributed by atoms with E-state index in [1.807, 2.05) is 6.07 Å². The van der Waals surface area contributed by atoms with E-state index in [0.717, 1.165) is 6.42 Å². The molecule has 0 bridgehead atoms. The first-order valence-electron chi connectivity index (χ1n) is 6.57. The lowest BCUT2D eigenvalue weighted by Crippen LogP contribution is -2.11. The van der Waals surface area contributed by atoms with E-state index in [1.54, 1.807) is 11.8 Å². The number of hydrogen-bond donors (Lipinski definition) is 1. The van der Waals surface area contributed by atoms with Crippen molar-refractivity contribution in [2.75, 3.05) is 0 Å². The van der Waals surface area contributed by atoms with Crippen LogP contribution in [0.3, 0.4) is 0 Å². The molecule has 0 unspecified atom stereocenters. The number of nitrogens with one attached hydrogen (secondary N) is 1. The fourth-order valence-electron chi connectivity index (χ4n) is 1.68. The maximum atomic E-state index is 3.86. The molecule has 0 saturated carbocycles. The average Bonchev–Trinajstić information content (AvgIpc) is 2.91. The van der Waals surface area contributed by atoms with E-state index in [1.165, 1.54) is 5.69 Å². The summed E-state index contributed by atoms with van der Waals surface area (Å²) >= 11 is 0. The zero-order valence-electron chi connectivity index (χ0n) is 12.5. The van der Waals surface area contributed by atoms with E-state index >= 15 is 0 Å². The summed E-state index contributed by atoms with van der Waals surface area (Å²) in [5.41, 5.74) is 3.31. The largest absolute Gasteiger partial charge is 0.282 e. The first-order valence-corrected chi connectivity index (χ1v) is 6.57. The van der Waals surface area contributed by atoms with Crippen LogP contribution in [0.25, 0.3) is 0 Å². The van der Waals surface area contributed by atoms with Gasteiger partial charge in [0.2, 0.25) is 0 Å². The highest BCUT2D eigenvalue weighted by molar-refractivity contribution is 5.26. The highest BCUT2D eigenvalue weighted by Crippen LogP contribution is 2.30. The molecule has 1 aromatic heterocycles. The molecule has 0 aromatic carbocycles. The van der Waals surface area contributed by atoms with Gasteiger partial charge in [0, 0.05) is 17.3 Å². The quantitative estimate of drug-likeness (QED) is 0.710. The summed E-state index contributed by atoms with van der Waals surface area (Å²) in [6.07, 6.45) is 9.51. The number of nitrogens with zero attached hydrogens (tertiary/aromatic N) is 1. The molecular formula is C16H26N2. The molecular weight excluding hydrogens is 220 g/mol. The van der Waals surface area contributed by atoms with Crippen molar-refractivity contribution in [1.29, 1.82) is 0 Å². The lowest BCUT2D eigenvalue weighted by Gasteiger charge is -2.19. The Morgan fingerprint density at radius 1 is 1.06 bits per heavy atom.